The summed E-state index contributed by atoms with van der Waals surface area (Å²) in [6, 6.07) is 9.44. The van der Waals surface area contributed by atoms with E-state index in [1.807, 2.05) is 30.3 Å². The van der Waals surface area contributed by atoms with Crippen LogP contribution in [0.25, 0.3) is 0 Å². The average Bonchev–Trinajstić information content (AvgIpc) is 3.01. The molecule has 2 aromatic rings. The topological polar surface area (TPSA) is 96.0 Å². The van der Waals surface area contributed by atoms with E-state index < -0.39 is 11.3 Å². The first-order valence-electron chi connectivity index (χ1n) is 6.89. The molecule has 3 N–H and O–H groups in total. The van der Waals surface area contributed by atoms with Crippen molar-refractivity contribution in [2.75, 3.05) is 12.4 Å². The van der Waals surface area contributed by atoms with Gasteiger partial charge in [0.2, 0.25) is 11.0 Å². The molecule has 0 unspecified atom stereocenters. The van der Waals surface area contributed by atoms with Crippen LogP contribution in [-0.4, -0.2) is 34.4 Å². The molecular weight excluding hydrogens is 334 g/mol. The van der Waals surface area contributed by atoms with Gasteiger partial charge in [0.1, 0.15) is 0 Å². The monoisotopic (exact) mass is 351 g/mol. The first-order valence-corrected chi connectivity index (χ1v) is 8.58. The van der Waals surface area contributed by atoms with Crippen molar-refractivity contribution in [3.05, 3.63) is 35.9 Å². The van der Waals surface area contributed by atoms with Crippen LogP contribution >= 0.6 is 23.1 Å². The Kier molecular flexibility index (Phi) is 6.36. The maximum Gasteiger partial charge on any atom is 0.321 e. The maximum absolute atomic E-state index is 11.8. The summed E-state index contributed by atoms with van der Waals surface area (Å²) in [5, 5.41) is 16.1. The molecule has 0 aliphatic rings. The highest BCUT2D eigenvalue weighted by Crippen LogP contribution is 2.29. The number of thioether (sulfide) groups is 1. The van der Waals surface area contributed by atoms with E-state index in [0.29, 0.717) is 16.0 Å². The Bertz CT molecular complexity index is 662. The highest BCUT2D eigenvalue weighted by Gasteiger charge is 2.18. The fourth-order valence-electron chi connectivity index (χ4n) is 1.58. The van der Waals surface area contributed by atoms with E-state index in [1.165, 1.54) is 30.1 Å². The van der Waals surface area contributed by atoms with Crippen LogP contribution in [0.2, 0.25) is 0 Å². The summed E-state index contributed by atoms with van der Waals surface area (Å²) >= 11 is 2.63. The van der Waals surface area contributed by atoms with Crippen molar-refractivity contribution in [2.45, 2.75) is 23.1 Å². The van der Waals surface area contributed by atoms with Crippen molar-refractivity contribution in [3.63, 3.8) is 0 Å². The number of hydrogen-bond acceptors (Lipinski definition) is 7. The second-order valence-electron chi connectivity index (χ2n) is 4.54. The second kappa shape index (κ2) is 8.49. The van der Waals surface area contributed by atoms with Gasteiger partial charge in [-0.3, -0.25) is 10.1 Å². The summed E-state index contributed by atoms with van der Waals surface area (Å²) in [6.07, 6.45) is 0. The number of anilines is 1. The van der Waals surface area contributed by atoms with Gasteiger partial charge < -0.3 is 10.6 Å². The highest BCUT2D eigenvalue weighted by molar-refractivity contribution is 8.02. The van der Waals surface area contributed by atoms with Crippen LogP contribution in [0.15, 0.2) is 34.7 Å². The van der Waals surface area contributed by atoms with Gasteiger partial charge >= 0.3 is 6.03 Å². The molecule has 0 radical (unpaired) electrons. The van der Waals surface area contributed by atoms with E-state index in [-0.39, 0.29) is 5.91 Å². The number of aromatic nitrogens is 2. The Hall–Kier alpha value is -2.13. The molecule has 1 atom stereocenters. The number of nitrogens with zero attached hydrogens (tertiary/aromatic N) is 2. The summed E-state index contributed by atoms with van der Waals surface area (Å²) in [7, 11) is 1.45. The Morgan fingerprint density at radius 1 is 1.26 bits per heavy atom. The van der Waals surface area contributed by atoms with Crippen LogP contribution in [-0.2, 0) is 11.3 Å². The maximum atomic E-state index is 11.8. The standard InChI is InChI=1S/C14H17N5O2S2/c1-9(11(20)17-12(21)15-2)22-14-19-18-13(23-14)16-8-10-6-4-3-5-7-10/h3-7,9H,8H2,1-2H3,(H,16,18)(H2,15,17,20,21)/t9-/m0/s1. The van der Waals surface area contributed by atoms with Gasteiger partial charge in [-0.2, -0.15) is 0 Å². The molecule has 2 rings (SSSR count). The summed E-state index contributed by atoms with van der Waals surface area (Å²) < 4.78 is 0.667. The number of nitrogens with one attached hydrogen (secondary N) is 3. The Labute approximate surface area is 142 Å². The molecule has 122 valence electrons. The predicted octanol–water partition coefficient (Wildman–Crippen LogP) is 2.09. The minimum absolute atomic E-state index is 0.372. The first kappa shape index (κ1) is 17.2. The molecule has 1 heterocycles. The van der Waals surface area contributed by atoms with Gasteiger partial charge in [-0.05, 0) is 12.5 Å². The highest BCUT2D eigenvalue weighted by atomic mass is 32.2. The summed E-state index contributed by atoms with van der Waals surface area (Å²) in [5.41, 5.74) is 1.15. The van der Waals surface area contributed by atoms with E-state index >= 15 is 0 Å². The van der Waals surface area contributed by atoms with Gasteiger partial charge in [-0.25, -0.2) is 4.79 Å². The number of urea groups is 1. The number of carbonyl (C=O) groups excluding carboxylic acids is 2. The van der Waals surface area contributed by atoms with Gasteiger partial charge in [0.15, 0.2) is 4.34 Å². The molecule has 1 aromatic carbocycles. The minimum atomic E-state index is -0.523. The van der Waals surface area contributed by atoms with Crippen LogP contribution in [0, 0.1) is 0 Å². The number of benzene rings is 1. The Morgan fingerprint density at radius 3 is 2.70 bits per heavy atom. The van der Waals surface area contributed by atoms with Crippen molar-refractivity contribution < 1.29 is 9.59 Å². The third kappa shape index (κ3) is 5.53. The fourth-order valence-corrected chi connectivity index (χ4v) is 3.47. The van der Waals surface area contributed by atoms with Crippen LogP contribution < -0.4 is 16.0 Å². The predicted molar refractivity (Wildman–Crippen MR) is 91.6 cm³/mol. The Morgan fingerprint density at radius 2 is 2.00 bits per heavy atom. The third-order valence-electron chi connectivity index (χ3n) is 2.80. The second-order valence-corrected chi connectivity index (χ2v) is 7.11. The molecule has 9 heteroatoms. The largest absolute Gasteiger partial charge is 0.356 e. The summed E-state index contributed by atoms with van der Waals surface area (Å²) in [5.74, 6) is -0.372. The van der Waals surface area contributed by atoms with E-state index in [2.05, 4.69) is 26.1 Å². The SMILES string of the molecule is CNC(=O)NC(=O)[C@H](C)Sc1nnc(NCc2ccccc2)s1. The number of carbonyl (C=O) groups is 2. The van der Waals surface area contributed by atoms with Crippen molar-refractivity contribution in [2.24, 2.45) is 0 Å². The van der Waals surface area contributed by atoms with Gasteiger partial charge in [0.25, 0.3) is 0 Å². The smallest absolute Gasteiger partial charge is 0.321 e. The van der Waals surface area contributed by atoms with Gasteiger partial charge in [0, 0.05) is 13.6 Å². The lowest BCUT2D eigenvalue weighted by atomic mass is 10.2. The van der Waals surface area contributed by atoms with E-state index in [4.69, 9.17) is 0 Å². The van der Waals surface area contributed by atoms with Gasteiger partial charge in [-0.15, -0.1) is 10.2 Å². The van der Waals surface area contributed by atoms with Crippen LogP contribution in [0.1, 0.15) is 12.5 Å². The molecule has 0 fully saturated rings. The minimum Gasteiger partial charge on any atom is -0.356 e. The number of imide groups is 1. The normalized spacial score (nSPS) is 11.6. The summed E-state index contributed by atoms with van der Waals surface area (Å²) in [4.78, 5) is 22.9. The molecule has 0 saturated carbocycles. The Balaban J connectivity index is 1.84. The molecular formula is C14H17N5O2S2. The first-order chi connectivity index (χ1) is 11.1. The molecule has 7 nitrogen and oxygen atoms in total. The van der Waals surface area contributed by atoms with Crippen molar-refractivity contribution in [3.8, 4) is 0 Å². The lowest BCUT2D eigenvalue weighted by molar-refractivity contribution is -0.119. The summed E-state index contributed by atoms with van der Waals surface area (Å²) in [6.45, 7) is 2.37. The third-order valence-corrected chi connectivity index (χ3v) is 4.87. The van der Waals surface area contributed by atoms with Crippen LogP contribution in [0.5, 0.6) is 0 Å². The average molecular weight is 351 g/mol. The van der Waals surface area contributed by atoms with Crippen LogP contribution in [0.4, 0.5) is 9.93 Å². The van der Waals surface area contributed by atoms with Crippen molar-refractivity contribution in [1.82, 2.24) is 20.8 Å². The number of hydrogen-bond donors (Lipinski definition) is 3. The molecule has 1 aromatic heterocycles. The van der Waals surface area contributed by atoms with E-state index in [1.54, 1.807) is 6.92 Å². The lowest BCUT2D eigenvalue weighted by Gasteiger charge is -2.08. The van der Waals surface area contributed by atoms with Gasteiger partial charge in [-0.1, -0.05) is 53.4 Å². The zero-order valence-corrected chi connectivity index (χ0v) is 14.3. The zero-order chi connectivity index (χ0) is 16.7. The molecule has 0 bridgehead atoms. The molecule has 0 aliphatic heterocycles. The van der Waals surface area contributed by atoms with E-state index in [0.717, 1.165) is 5.56 Å². The fraction of sp³-hybridized carbons (Fsp3) is 0.286. The molecule has 23 heavy (non-hydrogen) atoms. The van der Waals surface area contributed by atoms with Crippen LogP contribution in [0.3, 0.4) is 0 Å². The van der Waals surface area contributed by atoms with Gasteiger partial charge in [0.05, 0.1) is 5.25 Å². The van der Waals surface area contributed by atoms with Crippen molar-refractivity contribution >= 4 is 40.2 Å². The molecule has 3 amide bonds. The molecule has 0 aliphatic carbocycles. The number of rotatable bonds is 6. The quantitative estimate of drug-likeness (QED) is 0.690. The number of amides is 3. The lowest BCUT2D eigenvalue weighted by Crippen LogP contribution is -2.41. The molecule has 0 spiro atoms. The van der Waals surface area contributed by atoms with Crippen molar-refractivity contribution in [1.29, 1.82) is 0 Å². The zero-order valence-electron chi connectivity index (χ0n) is 12.7. The van der Waals surface area contributed by atoms with E-state index in [9.17, 15) is 9.59 Å². The molecule has 0 saturated heterocycles.